The summed E-state index contributed by atoms with van der Waals surface area (Å²) < 4.78 is 13.1. The molecule has 1 saturated carbocycles. The molecule has 0 saturated heterocycles. The van der Waals surface area contributed by atoms with E-state index in [1.165, 1.54) is 32.1 Å². The predicted octanol–water partition coefficient (Wildman–Crippen LogP) is 5.41. The highest BCUT2D eigenvalue weighted by Gasteiger charge is 2.54. The zero-order valence-electron chi connectivity index (χ0n) is 14.4. The lowest BCUT2D eigenvalue weighted by Gasteiger charge is -2.50. The maximum absolute atomic E-state index is 6.56. The van der Waals surface area contributed by atoms with Crippen molar-refractivity contribution in [1.29, 1.82) is 0 Å². The van der Waals surface area contributed by atoms with Crippen molar-refractivity contribution in [2.45, 2.75) is 103 Å². The van der Waals surface area contributed by atoms with E-state index in [4.69, 9.17) is 8.85 Å². The molecule has 0 radical (unpaired) electrons. The van der Waals surface area contributed by atoms with Crippen molar-refractivity contribution >= 4 is 8.56 Å². The third kappa shape index (κ3) is 4.87. The average Bonchev–Trinajstić information content (AvgIpc) is 2.12. The van der Waals surface area contributed by atoms with Gasteiger partial charge in [-0.1, -0.05) is 26.2 Å². The molecule has 0 heterocycles. The van der Waals surface area contributed by atoms with Gasteiger partial charge in [0.1, 0.15) is 0 Å². The third-order valence-electron chi connectivity index (χ3n) is 4.06. The normalized spacial score (nSPS) is 21.5. The molecular formula is C16H34O2Si. The van der Waals surface area contributed by atoms with Gasteiger partial charge in [0.05, 0.1) is 11.2 Å². The molecule has 19 heavy (non-hydrogen) atoms. The summed E-state index contributed by atoms with van der Waals surface area (Å²) in [5, 5.41) is 0.242. The van der Waals surface area contributed by atoms with E-state index in [-0.39, 0.29) is 16.2 Å². The summed E-state index contributed by atoms with van der Waals surface area (Å²) in [6, 6.07) is 0. The molecule has 3 heteroatoms. The molecule has 0 aromatic heterocycles. The molecule has 0 amide bonds. The van der Waals surface area contributed by atoms with Gasteiger partial charge < -0.3 is 8.85 Å². The minimum atomic E-state index is -2.24. The Labute approximate surface area is 121 Å². The van der Waals surface area contributed by atoms with Crippen LogP contribution in [0.3, 0.4) is 0 Å². The van der Waals surface area contributed by atoms with Crippen molar-refractivity contribution in [1.82, 2.24) is 0 Å². The van der Waals surface area contributed by atoms with E-state index >= 15 is 0 Å². The summed E-state index contributed by atoms with van der Waals surface area (Å²) in [7, 11) is -2.24. The lowest BCUT2D eigenvalue weighted by Crippen LogP contribution is -2.57. The van der Waals surface area contributed by atoms with E-state index in [1.54, 1.807) is 0 Å². The Morgan fingerprint density at radius 1 is 0.789 bits per heavy atom. The van der Waals surface area contributed by atoms with Crippen LogP contribution < -0.4 is 0 Å². The van der Waals surface area contributed by atoms with Crippen LogP contribution in [0.2, 0.25) is 11.6 Å². The fourth-order valence-corrected chi connectivity index (χ4v) is 7.36. The highest BCUT2D eigenvalue weighted by Crippen LogP contribution is 2.52. The summed E-state index contributed by atoms with van der Waals surface area (Å²) in [6.45, 7) is 17.6. The Kier molecular flexibility index (Phi) is 4.97. The van der Waals surface area contributed by atoms with Gasteiger partial charge in [-0.2, -0.15) is 0 Å². The third-order valence-corrected chi connectivity index (χ3v) is 8.75. The molecule has 114 valence electrons. The van der Waals surface area contributed by atoms with E-state index in [2.05, 4.69) is 55.0 Å². The van der Waals surface area contributed by atoms with Gasteiger partial charge in [-0.15, -0.1) is 0 Å². The van der Waals surface area contributed by atoms with Gasteiger partial charge in [0, 0.05) is 5.04 Å². The summed E-state index contributed by atoms with van der Waals surface area (Å²) in [5.74, 6) is 0. The molecule has 1 rings (SSSR count). The first-order valence-electron chi connectivity index (χ1n) is 7.77. The van der Waals surface area contributed by atoms with Crippen molar-refractivity contribution in [3.8, 4) is 0 Å². The van der Waals surface area contributed by atoms with E-state index in [0.29, 0.717) is 0 Å². The Bertz CT molecular complexity index is 277. The molecule has 0 spiro atoms. The summed E-state index contributed by atoms with van der Waals surface area (Å²) in [4.78, 5) is 0. The van der Waals surface area contributed by atoms with Crippen molar-refractivity contribution in [3.63, 3.8) is 0 Å². The molecule has 0 aliphatic heterocycles. The quantitative estimate of drug-likeness (QED) is 0.646. The van der Waals surface area contributed by atoms with E-state index < -0.39 is 8.56 Å². The highest BCUT2D eigenvalue weighted by molar-refractivity contribution is 6.69. The monoisotopic (exact) mass is 286 g/mol. The number of hydrogen-bond donors (Lipinski definition) is 0. The zero-order valence-corrected chi connectivity index (χ0v) is 15.4. The Morgan fingerprint density at radius 3 is 1.47 bits per heavy atom. The van der Waals surface area contributed by atoms with Gasteiger partial charge in [-0.25, -0.2) is 0 Å². The van der Waals surface area contributed by atoms with Crippen LogP contribution in [0.5, 0.6) is 0 Å². The molecule has 0 aromatic rings. The second-order valence-corrected chi connectivity index (χ2v) is 12.0. The van der Waals surface area contributed by atoms with E-state index in [0.717, 1.165) is 0 Å². The minimum absolute atomic E-state index is 0.132. The van der Waals surface area contributed by atoms with Gasteiger partial charge in [0.2, 0.25) is 0 Å². The van der Waals surface area contributed by atoms with Gasteiger partial charge in [-0.3, -0.25) is 0 Å². The van der Waals surface area contributed by atoms with Crippen LogP contribution in [0.25, 0.3) is 0 Å². The molecule has 0 N–H and O–H groups in total. The van der Waals surface area contributed by atoms with E-state index in [9.17, 15) is 0 Å². The standard InChI is InChI=1S/C16H34O2Si/c1-14(2,3)17-19(8,18-15(4,5)6)16(7)12-10-9-11-13-16/h9-13H2,1-8H3. The molecule has 2 nitrogen and oxygen atoms in total. The summed E-state index contributed by atoms with van der Waals surface area (Å²) >= 11 is 0. The number of rotatable bonds is 3. The topological polar surface area (TPSA) is 18.5 Å². The van der Waals surface area contributed by atoms with Crippen molar-refractivity contribution in [2.75, 3.05) is 0 Å². The number of hydrogen-bond acceptors (Lipinski definition) is 2. The largest absolute Gasteiger partial charge is 0.389 e. The molecule has 0 bridgehead atoms. The summed E-state index contributed by atoms with van der Waals surface area (Å²) in [6.07, 6.45) is 6.51. The van der Waals surface area contributed by atoms with Crippen LogP contribution in [0.15, 0.2) is 0 Å². The van der Waals surface area contributed by atoms with E-state index in [1.807, 2.05) is 0 Å². The van der Waals surface area contributed by atoms with Crippen LogP contribution >= 0.6 is 0 Å². The minimum Gasteiger partial charge on any atom is -0.389 e. The van der Waals surface area contributed by atoms with Crippen LogP contribution in [-0.4, -0.2) is 19.8 Å². The second kappa shape index (κ2) is 5.49. The molecule has 1 aliphatic rings. The van der Waals surface area contributed by atoms with Crippen molar-refractivity contribution in [2.24, 2.45) is 0 Å². The lowest BCUT2D eigenvalue weighted by atomic mass is 9.90. The highest BCUT2D eigenvalue weighted by atomic mass is 28.4. The van der Waals surface area contributed by atoms with Crippen LogP contribution in [0.1, 0.15) is 80.6 Å². The Balaban J connectivity index is 3.03. The van der Waals surface area contributed by atoms with Gasteiger partial charge in [0.15, 0.2) is 0 Å². The molecule has 1 fully saturated rings. The zero-order chi connectivity index (χ0) is 14.9. The molecular weight excluding hydrogens is 252 g/mol. The Hall–Kier alpha value is 0.137. The van der Waals surface area contributed by atoms with Gasteiger partial charge in [-0.05, 0) is 60.9 Å². The lowest BCUT2D eigenvalue weighted by molar-refractivity contribution is -0.000161. The maximum Gasteiger partial charge on any atom is 0.341 e. The molecule has 0 unspecified atom stereocenters. The molecule has 0 aromatic carbocycles. The van der Waals surface area contributed by atoms with Crippen LogP contribution in [-0.2, 0) is 8.85 Å². The first kappa shape index (κ1) is 17.2. The van der Waals surface area contributed by atoms with Crippen LogP contribution in [0.4, 0.5) is 0 Å². The average molecular weight is 287 g/mol. The Morgan fingerprint density at radius 2 is 1.16 bits per heavy atom. The fourth-order valence-electron chi connectivity index (χ4n) is 3.22. The first-order valence-corrected chi connectivity index (χ1v) is 10.1. The van der Waals surface area contributed by atoms with Gasteiger partial charge >= 0.3 is 8.56 Å². The fraction of sp³-hybridized carbons (Fsp3) is 1.00. The summed E-state index contributed by atoms with van der Waals surface area (Å²) in [5.41, 5.74) is -0.265. The van der Waals surface area contributed by atoms with Gasteiger partial charge in [0.25, 0.3) is 0 Å². The molecule has 0 atom stereocenters. The van der Waals surface area contributed by atoms with Crippen molar-refractivity contribution in [3.05, 3.63) is 0 Å². The maximum atomic E-state index is 6.56. The molecule has 1 aliphatic carbocycles. The predicted molar refractivity (Wildman–Crippen MR) is 84.7 cm³/mol. The van der Waals surface area contributed by atoms with Crippen molar-refractivity contribution < 1.29 is 8.85 Å². The van der Waals surface area contributed by atoms with Crippen LogP contribution in [0, 0.1) is 0 Å². The second-order valence-electron chi connectivity index (χ2n) is 8.50. The SMILES string of the molecule is CC(C)(C)O[Si](C)(OC(C)(C)C)C1(C)CCCCC1. The smallest absolute Gasteiger partial charge is 0.341 e. The first-order chi connectivity index (χ1) is 8.37.